The van der Waals surface area contributed by atoms with Crippen LogP contribution < -0.4 is 0 Å². The van der Waals surface area contributed by atoms with E-state index in [2.05, 4.69) is 0 Å². The molecule has 0 aliphatic rings. The van der Waals surface area contributed by atoms with Gasteiger partial charge in [0, 0.05) is 10.8 Å². The highest BCUT2D eigenvalue weighted by Gasteiger charge is 2.12. The molecule has 4 rings (SSSR count). The van der Waals surface area contributed by atoms with Gasteiger partial charge in [0.15, 0.2) is 11.5 Å². The van der Waals surface area contributed by atoms with Crippen molar-refractivity contribution in [2.75, 3.05) is 0 Å². The number of aromatic carboxylic acids is 1. The van der Waals surface area contributed by atoms with E-state index in [9.17, 15) is 4.79 Å². The summed E-state index contributed by atoms with van der Waals surface area (Å²) in [5.41, 5.74) is 1.66. The lowest BCUT2D eigenvalue weighted by Crippen LogP contribution is -1.94. The first-order valence-corrected chi connectivity index (χ1v) is 6.46. The van der Waals surface area contributed by atoms with Gasteiger partial charge in [-0.15, -0.1) is 0 Å². The molecule has 102 valence electrons. The van der Waals surface area contributed by atoms with E-state index in [-0.39, 0.29) is 5.56 Å². The minimum absolute atomic E-state index is 0.236. The topological polar surface area (TPSA) is 63.6 Å². The van der Waals surface area contributed by atoms with Crippen molar-refractivity contribution >= 4 is 27.9 Å². The number of furan rings is 2. The number of hydrogen-bond acceptors (Lipinski definition) is 3. The van der Waals surface area contributed by atoms with E-state index in [1.54, 1.807) is 18.2 Å². The summed E-state index contributed by atoms with van der Waals surface area (Å²) < 4.78 is 11.5. The van der Waals surface area contributed by atoms with Crippen LogP contribution in [0.2, 0.25) is 0 Å². The van der Waals surface area contributed by atoms with Crippen molar-refractivity contribution in [2.24, 2.45) is 0 Å². The summed E-state index contributed by atoms with van der Waals surface area (Å²) in [5, 5.41) is 10.8. The number of rotatable bonds is 2. The van der Waals surface area contributed by atoms with Crippen molar-refractivity contribution in [3.05, 3.63) is 60.2 Å². The molecule has 4 heteroatoms. The maximum absolute atomic E-state index is 11.0. The minimum atomic E-state index is -0.955. The third-order valence-corrected chi connectivity index (χ3v) is 3.43. The Balaban J connectivity index is 1.87. The molecule has 0 amide bonds. The van der Waals surface area contributed by atoms with E-state index < -0.39 is 5.97 Å². The highest BCUT2D eigenvalue weighted by molar-refractivity contribution is 5.94. The molecule has 4 nitrogen and oxygen atoms in total. The Morgan fingerprint density at radius 3 is 2.19 bits per heavy atom. The fourth-order valence-corrected chi connectivity index (χ4v) is 2.40. The van der Waals surface area contributed by atoms with Crippen LogP contribution in [0.3, 0.4) is 0 Å². The number of carbonyl (C=O) groups is 1. The van der Waals surface area contributed by atoms with Crippen LogP contribution in [-0.2, 0) is 0 Å². The van der Waals surface area contributed by atoms with Gasteiger partial charge in [0.2, 0.25) is 0 Å². The molecule has 4 aromatic rings. The summed E-state index contributed by atoms with van der Waals surface area (Å²) in [5.74, 6) is 0.261. The molecule has 0 radical (unpaired) electrons. The van der Waals surface area contributed by atoms with Crippen molar-refractivity contribution in [2.45, 2.75) is 0 Å². The highest BCUT2D eigenvalue weighted by atomic mass is 16.4. The zero-order valence-electron chi connectivity index (χ0n) is 10.9. The molecule has 2 aromatic heterocycles. The monoisotopic (exact) mass is 278 g/mol. The number of fused-ring (bicyclic) bond motifs is 2. The van der Waals surface area contributed by atoms with Crippen LogP contribution in [0.25, 0.3) is 33.5 Å². The lowest BCUT2D eigenvalue weighted by molar-refractivity contribution is 0.0697. The smallest absolute Gasteiger partial charge is 0.335 e. The average molecular weight is 278 g/mol. The largest absolute Gasteiger partial charge is 0.478 e. The second kappa shape index (κ2) is 4.24. The van der Waals surface area contributed by atoms with Gasteiger partial charge in [0.25, 0.3) is 0 Å². The van der Waals surface area contributed by atoms with E-state index in [1.807, 2.05) is 30.3 Å². The molecule has 2 heterocycles. The molecular formula is C17H10O4. The van der Waals surface area contributed by atoms with E-state index >= 15 is 0 Å². The zero-order chi connectivity index (χ0) is 14.4. The Hall–Kier alpha value is -3.01. The summed E-state index contributed by atoms with van der Waals surface area (Å²) in [6.45, 7) is 0. The molecule has 2 aromatic carbocycles. The molecule has 0 bridgehead atoms. The molecule has 0 saturated carbocycles. The van der Waals surface area contributed by atoms with Crippen molar-refractivity contribution in [3.8, 4) is 11.5 Å². The fourth-order valence-electron chi connectivity index (χ4n) is 2.40. The summed E-state index contributed by atoms with van der Waals surface area (Å²) >= 11 is 0. The Morgan fingerprint density at radius 1 is 0.810 bits per heavy atom. The van der Waals surface area contributed by atoms with Gasteiger partial charge in [0.05, 0.1) is 5.56 Å². The molecule has 0 aliphatic heterocycles. The molecule has 0 aliphatic carbocycles. The lowest BCUT2D eigenvalue weighted by atomic mass is 10.1. The SMILES string of the molecule is O=C(O)c1ccc2oc(-c3cc4ccccc4o3)cc2c1. The second-order valence-corrected chi connectivity index (χ2v) is 4.82. The first-order chi connectivity index (χ1) is 10.2. The Kier molecular flexibility index (Phi) is 2.38. The van der Waals surface area contributed by atoms with Gasteiger partial charge < -0.3 is 13.9 Å². The summed E-state index contributed by atoms with van der Waals surface area (Å²) in [7, 11) is 0. The number of carboxylic acids is 1. The van der Waals surface area contributed by atoms with Crippen molar-refractivity contribution in [1.82, 2.24) is 0 Å². The van der Waals surface area contributed by atoms with Gasteiger partial charge in [-0.25, -0.2) is 4.79 Å². The fraction of sp³-hybridized carbons (Fsp3) is 0. The summed E-state index contributed by atoms with van der Waals surface area (Å²) in [6.07, 6.45) is 0. The minimum Gasteiger partial charge on any atom is -0.478 e. The van der Waals surface area contributed by atoms with Gasteiger partial charge in [-0.05, 0) is 36.4 Å². The van der Waals surface area contributed by atoms with Crippen LogP contribution in [0.1, 0.15) is 10.4 Å². The van der Waals surface area contributed by atoms with Crippen molar-refractivity contribution in [3.63, 3.8) is 0 Å². The first-order valence-electron chi connectivity index (χ1n) is 6.46. The number of hydrogen-bond donors (Lipinski definition) is 1. The molecule has 0 fully saturated rings. The highest BCUT2D eigenvalue weighted by Crippen LogP contribution is 2.32. The normalized spacial score (nSPS) is 11.2. The Morgan fingerprint density at radius 2 is 1.48 bits per heavy atom. The predicted octanol–water partition coefficient (Wildman–Crippen LogP) is 4.54. The van der Waals surface area contributed by atoms with Gasteiger partial charge in [-0.3, -0.25) is 0 Å². The third kappa shape index (κ3) is 1.89. The number of benzene rings is 2. The van der Waals surface area contributed by atoms with E-state index in [0.29, 0.717) is 17.1 Å². The first kappa shape index (κ1) is 11.8. The molecule has 0 atom stereocenters. The Labute approximate surface area is 119 Å². The van der Waals surface area contributed by atoms with Gasteiger partial charge in [-0.1, -0.05) is 18.2 Å². The maximum Gasteiger partial charge on any atom is 0.335 e. The molecule has 0 saturated heterocycles. The van der Waals surface area contributed by atoms with Gasteiger partial charge >= 0.3 is 5.97 Å². The number of carboxylic acid groups (broad SMARTS) is 1. The summed E-state index contributed by atoms with van der Waals surface area (Å²) in [4.78, 5) is 11.0. The molecular weight excluding hydrogens is 268 g/mol. The molecule has 0 spiro atoms. The van der Waals surface area contributed by atoms with Crippen molar-refractivity contribution < 1.29 is 18.7 Å². The average Bonchev–Trinajstić information content (AvgIpc) is 3.09. The van der Waals surface area contributed by atoms with Crippen LogP contribution >= 0.6 is 0 Å². The zero-order valence-corrected chi connectivity index (χ0v) is 10.9. The van der Waals surface area contributed by atoms with Gasteiger partial charge in [-0.2, -0.15) is 0 Å². The van der Waals surface area contributed by atoms with Crippen LogP contribution in [0.4, 0.5) is 0 Å². The third-order valence-electron chi connectivity index (χ3n) is 3.43. The summed E-state index contributed by atoms with van der Waals surface area (Å²) in [6, 6.07) is 16.2. The van der Waals surface area contributed by atoms with Crippen LogP contribution in [0.5, 0.6) is 0 Å². The second-order valence-electron chi connectivity index (χ2n) is 4.82. The Bertz CT molecular complexity index is 942. The molecule has 0 unspecified atom stereocenters. The standard InChI is InChI=1S/C17H10O4/c18-17(19)11-5-6-14-12(7-11)9-16(21-14)15-8-10-3-1-2-4-13(10)20-15/h1-9H,(H,18,19). The van der Waals surface area contributed by atoms with Crippen LogP contribution in [-0.4, -0.2) is 11.1 Å². The van der Waals surface area contributed by atoms with Crippen molar-refractivity contribution in [1.29, 1.82) is 0 Å². The molecule has 1 N–H and O–H groups in total. The van der Waals surface area contributed by atoms with Crippen LogP contribution in [0.15, 0.2) is 63.4 Å². The predicted molar refractivity (Wildman–Crippen MR) is 78.4 cm³/mol. The van der Waals surface area contributed by atoms with E-state index in [4.69, 9.17) is 13.9 Å². The maximum atomic E-state index is 11.0. The van der Waals surface area contributed by atoms with Crippen LogP contribution in [0, 0.1) is 0 Å². The quantitative estimate of drug-likeness (QED) is 0.584. The van der Waals surface area contributed by atoms with E-state index in [0.717, 1.165) is 16.4 Å². The number of para-hydroxylation sites is 1. The van der Waals surface area contributed by atoms with Gasteiger partial charge in [0.1, 0.15) is 11.2 Å². The van der Waals surface area contributed by atoms with E-state index in [1.165, 1.54) is 6.07 Å². The lowest BCUT2D eigenvalue weighted by Gasteiger charge is -1.92. The molecule has 21 heavy (non-hydrogen) atoms.